The summed E-state index contributed by atoms with van der Waals surface area (Å²) in [5.41, 5.74) is 5.04. The fourth-order valence-corrected chi connectivity index (χ4v) is 6.61. The van der Waals surface area contributed by atoms with E-state index >= 15 is 0 Å². The number of benzene rings is 2. The standard InChI is InChI=1S/C37H58O/c1-5-6-7-8-9-10-11-12-13-14-15-18-23-30(2)34-28-33(37(3,4)32-26-21-17-22-27-32)29-35(36(34)38)31-24-19-16-20-25-31/h17,21-22,26-31,38H,5-16,18-20,23-25H2,1-4H3. The van der Waals surface area contributed by atoms with Gasteiger partial charge in [0.25, 0.3) is 0 Å². The quantitative estimate of drug-likeness (QED) is 0.206. The van der Waals surface area contributed by atoms with Crippen molar-refractivity contribution in [3.8, 4) is 5.75 Å². The smallest absolute Gasteiger partial charge is 0.122 e. The van der Waals surface area contributed by atoms with Crippen LogP contribution < -0.4 is 0 Å². The Kier molecular flexibility index (Phi) is 13.3. The lowest BCUT2D eigenvalue weighted by Crippen LogP contribution is -2.20. The molecule has 2 aromatic carbocycles. The zero-order valence-corrected chi connectivity index (χ0v) is 25.4. The largest absolute Gasteiger partial charge is 0.507 e. The Morgan fingerprint density at radius 2 is 1.29 bits per heavy atom. The van der Waals surface area contributed by atoms with Crippen LogP contribution in [0.15, 0.2) is 42.5 Å². The summed E-state index contributed by atoms with van der Waals surface area (Å²) in [6, 6.07) is 15.6. The fraction of sp³-hybridized carbons (Fsp3) is 0.676. The Bertz CT molecular complexity index is 906. The van der Waals surface area contributed by atoms with Gasteiger partial charge in [0.15, 0.2) is 0 Å². The summed E-state index contributed by atoms with van der Waals surface area (Å²) < 4.78 is 0. The van der Waals surface area contributed by atoms with E-state index in [1.165, 1.54) is 138 Å². The van der Waals surface area contributed by atoms with Crippen LogP contribution in [0.3, 0.4) is 0 Å². The highest BCUT2D eigenvalue weighted by molar-refractivity contribution is 5.51. The van der Waals surface area contributed by atoms with Crippen molar-refractivity contribution in [2.45, 2.75) is 161 Å². The number of unbranched alkanes of at least 4 members (excludes halogenated alkanes) is 11. The van der Waals surface area contributed by atoms with E-state index in [0.717, 1.165) is 0 Å². The van der Waals surface area contributed by atoms with Crippen molar-refractivity contribution in [1.29, 1.82) is 0 Å². The summed E-state index contributed by atoms with van der Waals surface area (Å²) in [6.45, 7) is 9.33. The molecule has 1 nitrogen and oxygen atoms in total. The van der Waals surface area contributed by atoms with Crippen LogP contribution in [0.25, 0.3) is 0 Å². The van der Waals surface area contributed by atoms with Crippen LogP contribution in [0.5, 0.6) is 5.75 Å². The van der Waals surface area contributed by atoms with Gasteiger partial charge in [0.1, 0.15) is 5.75 Å². The third-order valence-electron chi connectivity index (χ3n) is 9.45. The Morgan fingerprint density at radius 1 is 0.737 bits per heavy atom. The molecule has 1 aliphatic rings. The van der Waals surface area contributed by atoms with E-state index < -0.39 is 0 Å². The molecule has 0 heterocycles. The highest BCUT2D eigenvalue weighted by Gasteiger charge is 2.29. The van der Waals surface area contributed by atoms with Gasteiger partial charge in [-0.05, 0) is 53.4 Å². The second kappa shape index (κ2) is 16.4. The van der Waals surface area contributed by atoms with E-state index in [4.69, 9.17) is 0 Å². The molecule has 0 aliphatic heterocycles. The lowest BCUT2D eigenvalue weighted by atomic mass is 9.73. The molecule has 0 bridgehead atoms. The van der Waals surface area contributed by atoms with Crippen LogP contribution in [0.2, 0.25) is 0 Å². The molecule has 1 atom stereocenters. The maximum atomic E-state index is 11.6. The lowest BCUT2D eigenvalue weighted by molar-refractivity contribution is 0.406. The lowest BCUT2D eigenvalue weighted by Gasteiger charge is -2.31. The molecule has 0 spiro atoms. The van der Waals surface area contributed by atoms with Gasteiger partial charge < -0.3 is 5.11 Å². The van der Waals surface area contributed by atoms with Gasteiger partial charge in [-0.1, -0.05) is 166 Å². The minimum atomic E-state index is -0.0805. The molecule has 0 saturated heterocycles. The summed E-state index contributed by atoms with van der Waals surface area (Å²) in [4.78, 5) is 0. The number of aromatic hydroxyl groups is 1. The van der Waals surface area contributed by atoms with Crippen LogP contribution in [-0.2, 0) is 5.41 Å². The minimum Gasteiger partial charge on any atom is -0.507 e. The van der Waals surface area contributed by atoms with E-state index in [9.17, 15) is 5.11 Å². The fourth-order valence-electron chi connectivity index (χ4n) is 6.61. The van der Waals surface area contributed by atoms with Crippen molar-refractivity contribution >= 4 is 0 Å². The third-order valence-corrected chi connectivity index (χ3v) is 9.45. The molecule has 0 amide bonds. The zero-order valence-electron chi connectivity index (χ0n) is 25.4. The van der Waals surface area contributed by atoms with E-state index in [2.05, 4.69) is 70.2 Å². The van der Waals surface area contributed by atoms with Gasteiger partial charge in [0.05, 0.1) is 0 Å². The Hall–Kier alpha value is -1.76. The summed E-state index contributed by atoms with van der Waals surface area (Å²) >= 11 is 0. The maximum absolute atomic E-state index is 11.6. The van der Waals surface area contributed by atoms with E-state index in [1.54, 1.807) is 0 Å². The van der Waals surface area contributed by atoms with E-state index in [1.807, 2.05) is 0 Å². The normalized spacial score (nSPS) is 15.6. The average Bonchev–Trinajstić information content (AvgIpc) is 2.94. The topological polar surface area (TPSA) is 20.2 Å². The molecule has 0 radical (unpaired) electrons. The summed E-state index contributed by atoms with van der Waals surface area (Å²) in [7, 11) is 0. The molecule has 3 rings (SSSR count). The first-order chi connectivity index (χ1) is 18.4. The molecular weight excluding hydrogens is 460 g/mol. The first-order valence-electron chi connectivity index (χ1n) is 16.4. The minimum absolute atomic E-state index is 0.0805. The van der Waals surface area contributed by atoms with Crippen molar-refractivity contribution in [2.24, 2.45) is 0 Å². The van der Waals surface area contributed by atoms with Gasteiger partial charge >= 0.3 is 0 Å². The Morgan fingerprint density at radius 3 is 1.87 bits per heavy atom. The monoisotopic (exact) mass is 518 g/mol. The number of phenols is 1. The second-order valence-electron chi connectivity index (χ2n) is 12.9. The molecule has 0 aromatic heterocycles. The number of hydrogen-bond donors (Lipinski definition) is 1. The Labute approximate surface area is 235 Å². The molecule has 1 N–H and O–H groups in total. The van der Waals surface area contributed by atoms with Crippen LogP contribution in [0.4, 0.5) is 0 Å². The molecule has 2 aromatic rings. The third kappa shape index (κ3) is 9.17. The summed E-state index contributed by atoms with van der Waals surface area (Å²) in [5, 5.41) is 11.6. The molecule has 1 fully saturated rings. The van der Waals surface area contributed by atoms with Crippen molar-refractivity contribution in [3.05, 3.63) is 64.7 Å². The summed E-state index contributed by atoms with van der Waals surface area (Å²) in [6.07, 6.45) is 24.2. The maximum Gasteiger partial charge on any atom is 0.122 e. The molecule has 1 aliphatic carbocycles. The van der Waals surface area contributed by atoms with Crippen molar-refractivity contribution < 1.29 is 5.11 Å². The van der Waals surface area contributed by atoms with Crippen LogP contribution >= 0.6 is 0 Å². The van der Waals surface area contributed by atoms with Gasteiger partial charge in [-0.2, -0.15) is 0 Å². The predicted octanol–water partition coefficient (Wildman–Crippen LogP) is 12.0. The number of hydrogen-bond acceptors (Lipinski definition) is 1. The molecule has 1 heteroatoms. The van der Waals surface area contributed by atoms with Gasteiger partial charge in [-0.25, -0.2) is 0 Å². The van der Waals surface area contributed by atoms with E-state index in [0.29, 0.717) is 17.6 Å². The van der Waals surface area contributed by atoms with Crippen LogP contribution in [0.1, 0.15) is 177 Å². The van der Waals surface area contributed by atoms with Gasteiger partial charge in [0.2, 0.25) is 0 Å². The van der Waals surface area contributed by atoms with E-state index in [-0.39, 0.29) is 5.41 Å². The number of phenolic OH excluding ortho intramolecular Hbond substituents is 1. The SMILES string of the molecule is CCCCCCCCCCCCCCC(C)c1cc(C(C)(C)c2ccccc2)cc(C2CCCCC2)c1O. The first-order valence-corrected chi connectivity index (χ1v) is 16.4. The van der Waals surface area contributed by atoms with Crippen LogP contribution in [-0.4, -0.2) is 5.11 Å². The first kappa shape index (κ1) is 30.8. The van der Waals surface area contributed by atoms with Crippen molar-refractivity contribution in [2.75, 3.05) is 0 Å². The average molecular weight is 519 g/mol. The molecule has 212 valence electrons. The van der Waals surface area contributed by atoms with Gasteiger partial charge in [-0.3, -0.25) is 0 Å². The zero-order chi connectivity index (χ0) is 27.2. The highest BCUT2D eigenvalue weighted by atomic mass is 16.3. The van der Waals surface area contributed by atoms with Crippen molar-refractivity contribution in [1.82, 2.24) is 0 Å². The molecule has 38 heavy (non-hydrogen) atoms. The second-order valence-corrected chi connectivity index (χ2v) is 12.9. The molecule has 1 unspecified atom stereocenters. The van der Waals surface area contributed by atoms with Gasteiger partial charge in [0, 0.05) is 5.41 Å². The predicted molar refractivity (Wildman–Crippen MR) is 167 cm³/mol. The van der Waals surface area contributed by atoms with Gasteiger partial charge in [-0.15, -0.1) is 0 Å². The van der Waals surface area contributed by atoms with Crippen molar-refractivity contribution in [3.63, 3.8) is 0 Å². The number of rotatable bonds is 17. The summed E-state index contributed by atoms with van der Waals surface area (Å²) in [5.74, 6) is 1.51. The Balaban J connectivity index is 1.58. The highest BCUT2D eigenvalue weighted by Crippen LogP contribution is 2.45. The van der Waals surface area contributed by atoms with Crippen LogP contribution in [0, 0.1) is 0 Å². The molecular formula is C37H58O. The molecule has 1 saturated carbocycles.